The minimum atomic E-state index is -0.0513. The fourth-order valence-corrected chi connectivity index (χ4v) is 1.46. The van der Waals surface area contributed by atoms with Crippen LogP contribution in [0.2, 0.25) is 0 Å². The first kappa shape index (κ1) is 12.7. The second kappa shape index (κ2) is 6.27. The minimum Gasteiger partial charge on any atom is -0.396 e. The number of carbonyl (C=O) groups excluding carboxylic acids is 1. The van der Waals surface area contributed by atoms with Gasteiger partial charge < -0.3 is 14.6 Å². The molecule has 0 spiro atoms. The summed E-state index contributed by atoms with van der Waals surface area (Å²) >= 11 is 0. The molecule has 0 bridgehead atoms. The summed E-state index contributed by atoms with van der Waals surface area (Å²) in [7, 11) is 3.61. The molecule has 1 N–H and O–H groups in total. The molecule has 1 amide bonds. The van der Waals surface area contributed by atoms with Gasteiger partial charge in [-0.15, -0.1) is 0 Å². The Bertz CT molecular complexity index is 336. The third-order valence-electron chi connectivity index (χ3n) is 2.42. The molecule has 5 nitrogen and oxygen atoms in total. The molecule has 90 valence electrons. The van der Waals surface area contributed by atoms with E-state index in [1.807, 2.05) is 7.05 Å². The number of aryl methyl sites for hydroxylation is 1. The minimum absolute atomic E-state index is 0.0513. The van der Waals surface area contributed by atoms with E-state index < -0.39 is 0 Å². The van der Waals surface area contributed by atoms with Crippen molar-refractivity contribution >= 4 is 5.91 Å². The molecule has 0 saturated carbocycles. The van der Waals surface area contributed by atoms with E-state index in [1.54, 1.807) is 29.0 Å². The molecule has 5 heteroatoms. The van der Waals surface area contributed by atoms with E-state index in [1.165, 1.54) is 0 Å². The number of hydrogen-bond acceptors (Lipinski definition) is 3. The van der Waals surface area contributed by atoms with Crippen LogP contribution in [0.5, 0.6) is 0 Å². The summed E-state index contributed by atoms with van der Waals surface area (Å²) in [6, 6.07) is 0. The van der Waals surface area contributed by atoms with Crippen LogP contribution in [-0.4, -0.2) is 45.7 Å². The summed E-state index contributed by atoms with van der Waals surface area (Å²) in [5, 5.41) is 8.63. The molecule has 16 heavy (non-hydrogen) atoms. The molecule has 0 aliphatic rings. The second-order valence-electron chi connectivity index (χ2n) is 3.94. The maximum absolute atomic E-state index is 11.8. The van der Waals surface area contributed by atoms with Gasteiger partial charge in [-0.05, 0) is 19.3 Å². The smallest absolute Gasteiger partial charge is 0.273 e. The van der Waals surface area contributed by atoms with Crippen LogP contribution in [0.4, 0.5) is 0 Å². The Balaban J connectivity index is 2.36. The summed E-state index contributed by atoms with van der Waals surface area (Å²) in [4.78, 5) is 17.5. The third kappa shape index (κ3) is 3.66. The summed E-state index contributed by atoms with van der Waals surface area (Å²) in [6.07, 6.45) is 5.98. The number of rotatable bonds is 6. The Morgan fingerprint density at radius 3 is 2.81 bits per heavy atom. The standard InChI is InChI=1S/C11H19N3O2/c1-13-8-10(12-9-13)11(16)14(2)6-4-3-5-7-15/h8-9,15H,3-7H2,1-2H3. The molecule has 0 saturated heterocycles. The average Bonchev–Trinajstić information content (AvgIpc) is 2.70. The first-order valence-corrected chi connectivity index (χ1v) is 5.49. The zero-order chi connectivity index (χ0) is 12.0. The van der Waals surface area contributed by atoms with Gasteiger partial charge in [-0.3, -0.25) is 4.79 Å². The first-order valence-electron chi connectivity index (χ1n) is 5.49. The van der Waals surface area contributed by atoms with Crippen molar-refractivity contribution in [3.63, 3.8) is 0 Å². The zero-order valence-electron chi connectivity index (χ0n) is 9.89. The highest BCUT2D eigenvalue weighted by molar-refractivity contribution is 5.91. The molecular formula is C11H19N3O2. The molecular weight excluding hydrogens is 206 g/mol. The highest BCUT2D eigenvalue weighted by Crippen LogP contribution is 2.02. The van der Waals surface area contributed by atoms with E-state index >= 15 is 0 Å². The summed E-state index contributed by atoms with van der Waals surface area (Å²) in [6.45, 7) is 0.924. The molecule has 1 aromatic rings. The van der Waals surface area contributed by atoms with Gasteiger partial charge in [0.25, 0.3) is 5.91 Å². The quantitative estimate of drug-likeness (QED) is 0.723. The van der Waals surface area contributed by atoms with Crippen LogP contribution < -0.4 is 0 Å². The van der Waals surface area contributed by atoms with Crippen LogP contribution >= 0.6 is 0 Å². The number of aromatic nitrogens is 2. The molecule has 0 aliphatic carbocycles. The van der Waals surface area contributed by atoms with Gasteiger partial charge in [0.05, 0.1) is 6.33 Å². The fraction of sp³-hybridized carbons (Fsp3) is 0.636. The predicted octanol–water partition coefficient (Wildman–Crippen LogP) is 0.655. The largest absolute Gasteiger partial charge is 0.396 e. The van der Waals surface area contributed by atoms with Crippen molar-refractivity contribution in [2.24, 2.45) is 7.05 Å². The van der Waals surface area contributed by atoms with E-state index in [-0.39, 0.29) is 12.5 Å². The molecule has 1 aromatic heterocycles. The lowest BCUT2D eigenvalue weighted by molar-refractivity contribution is 0.0787. The molecule has 0 fully saturated rings. The fourth-order valence-electron chi connectivity index (χ4n) is 1.46. The van der Waals surface area contributed by atoms with Crippen LogP contribution in [0.15, 0.2) is 12.5 Å². The summed E-state index contributed by atoms with van der Waals surface area (Å²) < 4.78 is 1.76. The number of aliphatic hydroxyl groups is 1. The van der Waals surface area contributed by atoms with Crippen molar-refractivity contribution in [1.29, 1.82) is 0 Å². The van der Waals surface area contributed by atoms with E-state index in [2.05, 4.69) is 4.98 Å². The number of carbonyl (C=O) groups is 1. The van der Waals surface area contributed by atoms with E-state index in [0.717, 1.165) is 19.3 Å². The molecule has 0 radical (unpaired) electrons. The average molecular weight is 225 g/mol. The zero-order valence-corrected chi connectivity index (χ0v) is 9.89. The van der Waals surface area contributed by atoms with Gasteiger partial charge in [0, 0.05) is 33.4 Å². The summed E-state index contributed by atoms with van der Waals surface area (Å²) in [5.74, 6) is -0.0513. The SMILES string of the molecule is CN(CCCCCO)C(=O)c1cn(C)cn1. The van der Waals surface area contributed by atoms with E-state index in [0.29, 0.717) is 12.2 Å². The lowest BCUT2D eigenvalue weighted by atomic mass is 10.2. The van der Waals surface area contributed by atoms with Crippen LogP contribution in [0.25, 0.3) is 0 Å². The van der Waals surface area contributed by atoms with Gasteiger partial charge in [-0.1, -0.05) is 0 Å². The topological polar surface area (TPSA) is 58.4 Å². The monoisotopic (exact) mass is 225 g/mol. The Morgan fingerprint density at radius 1 is 1.50 bits per heavy atom. The molecule has 0 atom stereocenters. The maximum atomic E-state index is 11.8. The van der Waals surface area contributed by atoms with Gasteiger partial charge in [0.1, 0.15) is 5.69 Å². The maximum Gasteiger partial charge on any atom is 0.273 e. The molecule has 0 unspecified atom stereocenters. The highest BCUT2D eigenvalue weighted by atomic mass is 16.2. The van der Waals surface area contributed by atoms with Gasteiger partial charge in [-0.25, -0.2) is 4.98 Å². The van der Waals surface area contributed by atoms with Crippen LogP contribution in [0.3, 0.4) is 0 Å². The Morgan fingerprint density at radius 2 is 2.25 bits per heavy atom. The van der Waals surface area contributed by atoms with Gasteiger partial charge in [0.2, 0.25) is 0 Å². The highest BCUT2D eigenvalue weighted by Gasteiger charge is 2.13. The first-order chi connectivity index (χ1) is 7.65. The van der Waals surface area contributed by atoms with Gasteiger partial charge >= 0.3 is 0 Å². The Hall–Kier alpha value is -1.36. The molecule has 0 aliphatic heterocycles. The predicted molar refractivity (Wildman–Crippen MR) is 61.1 cm³/mol. The molecule has 0 aromatic carbocycles. The summed E-state index contributed by atoms with van der Waals surface area (Å²) in [5.41, 5.74) is 0.479. The lowest BCUT2D eigenvalue weighted by Gasteiger charge is -2.15. The molecule has 1 heterocycles. The van der Waals surface area contributed by atoms with Crippen molar-refractivity contribution in [1.82, 2.24) is 14.5 Å². The number of aliphatic hydroxyl groups excluding tert-OH is 1. The second-order valence-corrected chi connectivity index (χ2v) is 3.94. The van der Waals surface area contributed by atoms with Crippen molar-refractivity contribution in [3.05, 3.63) is 18.2 Å². The Labute approximate surface area is 95.7 Å². The van der Waals surface area contributed by atoms with E-state index in [9.17, 15) is 4.79 Å². The van der Waals surface area contributed by atoms with Crippen LogP contribution in [-0.2, 0) is 7.05 Å². The third-order valence-corrected chi connectivity index (χ3v) is 2.42. The van der Waals surface area contributed by atoms with E-state index in [4.69, 9.17) is 5.11 Å². The normalized spacial score (nSPS) is 10.4. The molecule has 1 rings (SSSR count). The van der Waals surface area contributed by atoms with Gasteiger partial charge in [-0.2, -0.15) is 0 Å². The van der Waals surface area contributed by atoms with Crippen LogP contribution in [0, 0.1) is 0 Å². The number of hydrogen-bond donors (Lipinski definition) is 1. The number of nitrogens with zero attached hydrogens (tertiary/aromatic N) is 3. The van der Waals surface area contributed by atoms with Crippen molar-refractivity contribution in [3.8, 4) is 0 Å². The number of imidazole rings is 1. The van der Waals surface area contributed by atoms with Crippen LogP contribution in [0.1, 0.15) is 29.8 Å². The van der Waals surface area contributed by atoms with Gasteiger partial charge in [0.15, 0.2) is 0 Å². The lowest BCUT2D eigenvalue weighted by Crippen LogP contribution is -2.28. The number of unbranched alkanes of at least 4 members (excludes halogenated alkanes) is 2. The van der Waals surface area contributed by atoms with Crippen molar-refractivity contribution in [2.75, 3.05) is 20.2 Å². The Kier molecular flexibility index (Phi) is 4.98. The van der Waals surface area contributed by atoms with Crippen molar-refractivity contribution < 1.29 is 9.90 Å². The number of amides is 1. The van der Waals surface area contributed by atoms with Crippen molar-refractivity contribution in [2.45, 2.75) is 19.3 Å².